The molecule has 5 nitrogen and oxygen atoms in total. The molecular weight excluding hydrogens is 354 g/mol. The predicted molar refractivity (Wildman–Crippen MR) is 108 cm³/mol. The number of carbonyl (C=O) groups excluding carboxylic acids is 1. The van der Waals surface area contributed by atoms with Gasteiger partial charge in [0.2, 0.25) is 0 Å². The third-order valence-corrected chi connectivity index (χ3v) is 4.85. The van der Waals surface area contributed by atoms with E-state index in [1.807, 2.05) is 67.6 Å². The molecule has 1 heterocycles. The minimum atomic E-state index is -0.620. The molecular formula is C23H23NO4. The van der Waals surface area contributed by atoms with Crippen LogP contribution in [0, 0.1) is 0 Å². The van der Waals surface area contributed by atoms with Gasteiger partial charge in [-0.25, -0.2) is 0 Å². The van der Waals surface area contributed by atoms with Crippen molar-refractivity contribution in [3.05, 3.63) is 66.2 Å². The fourth-order valence-electron chi connectivity index (χ4n) is 3.29. The summed E-state index contributed by atoms with van der Waals surface area (Å²) < 4.78 is 17.1. The SMILES string of the molecule is CC(Oc1cccc2ccccc12)C(=O)NC(C)c1ccc2c(c1)OCCO2. The minimum absolute atomic E-state index is 0.171. The number of ether oxygens (including phenoxy) is 3. The zero-order valence-corrected chi connectivity index (χ0v) is 16.0. The number of nitrogens with one attached hydrogen (secondary N) is 1. The first-order chi connectivity index (χ1) is 13.6. The molecule has 2 unspecified atom stereocenters. The maximum absolute atomic E-state index is 12.7. The molecule has 0 saturated heterocycles. The lowest BCUT2D eigenvalue weighted by Gasteiger charge is -2.22. The topological polar surface area (TPSA) is 56.8 Å². The van der Waals surface area contributed by atoms with E-state index in [4.69, 9.17) is 14.2 Å². The second-order valence-electron chi connectivity index (χ2n) is 6.87. The van der Waals surface area contributed by atoms with Gasteiger partial charge in [-0.05, 0) is 43.0 Å². The maximum Gasteiger partial charge on any atom is 0.261 e. The van der Waals surface area contributed by atoms with Gasteiger partial charge in [-0.3, -0.25) is 4.79 Å². The second-order valence-corrected chi connectivity index (χ2v) is 6.87. The van der Waals surface area contributed by atoms with Crippen LogP contribution in [0.5, 0.6) is 17.2 Å². The molecule has 3 aromatic rings. The first-order valence-corrected chi connectivity index (χ1v) is 9.46. The molecule has 0 radical (unpaired) electrons. The van der Waals surface area contributed by atoms with Crippen LogP contribution in [0.15, 0.2) is 60.7 Å². The number of amides is 1. The molecule has 28 heavy (non-hydrogen) atoms. The van der Waals surface area contributed by atoms with Crippen LogP contribution in [-0.2, 0) is 4.79 Å². The van der Waals surface area contributed by atoms with Crippen LogP contribution in [-0.4, -0.2) is 25.2 Å². The third kappa shape index (κ3) is 3.74. The Bertz CT molecular complexity index is 996. The smallest absolute Gasteiger partial charge is 0.261 e. The van der Waals surface area contributed by atoms with Crippen LogP contribution < -0.4 is 19.5 Å². The van der Waals surface area contributed by atoms with Gasteiger partial charge in [-0.1, -0.05) is 42.5 Å². The lowest BCUT2D eigenvalue weighted by molar-refractivity contribution is -0.127. The summed E-state index contributed by atoms with van der Waals surface area (Å²) in [5, 5.41) is 5.08. The molecule has 0 spiro atoms. The Morgan fingerprint density at radius 1 is 0.964 bits per heavy atom. The van der Waals surface area contributed by atoms with E-state index in [0.717, 1.165) is 22.1 Å². The van der Waals surface area contributed by atoms with Crippen LogP contribution in [0.2, 0.25) is 0 Å². The van der Waals surface area contributed by atoms with E-state index in [0.29, 0.717) is 24.7 Å². The maximum atomic E-state index is 12.7. The highest BCUT2D eigenvalue weighted by atomic mass is 16.6. The lowest BCUT2D eigenvalue weighted by Crippen LogP contribution is -2.37. The Labute approximate surface area is 164 Å². The average Bonchev–Trinajstić information content (AvgIpc) is 2.73. The van der Waals surface area contributed by atoms with Gasteiger partial charge in [0, 0.05) is 5.39 Å². The van der Waals surface area contributed by atoms with Gasteiger partial charge in [-0.15, -0.1) is 0 Å². The van der Waals surface area contributed by atoms with E-state index in [-0.39, 0.29) is 11.9 Å². The molecule has 1 aliphatic heterocycles. The van der Waals surface area contributed by atoms with Crippen molar-refractivity contribution in [3.63, 3.8) is 0 Å². The van der Waals surface area contributed by atoms with Gasteiger partial charge in [0.15, 0.2) is 17.6 Å². The zero-order valence-electron chi connectivity index (χ0n) is 16.0. The molecule has 0 saturated carbocycles. The number of hydrogen-bond acceptors (Lipinski definition) is 4. The van der Waals surface area contributed by atoms with Crippen LogP contribution in [0.4, 0.5) is 0 Å². The Morgan fingerprint density at radius 2 is 1.71 bits per heavy atom. The van der Waals surface area contributed by atoms with Gasteiger partial charge in [0.25, 0.3) is 5.91 Å². The fourth-order valence-corrected chi connectivity index (χ4v) is 3.29. The van der Waals surface area contributed by atoms with Gasteiger partial charge >= 0.3 is 0 Å². The van der Waals surface area contributed by atoms with Gasteiger partial charge in [0.1, 0.15) is 19.0 Å². The zero-order chi connectivity index (χ0) is 19.5. The average molecular weight is 377 g/mol. The van der Waals surface area contributed by atoms with Crippen LogP contribution in [0.3, 0.4) is 0 Å². The van der Waals surface area contributed by atoms with Crippen molar-refractivity contribution >= 4 is 16.7 Å². The van der Waals surface area contributed by atoms with E-state index in [9.17, 15) is 4.79 Å². The van der Waals surface area contributed by atoms with Gasteiger partial charge < -0.3 is 19.5 Å². The number of hydrogen-bond donors (Lipinski definition) is 1. The Morgan fingerprint density at radius 3 is 2.57 bits per heavy atom. The summed E-state index contributed by atoms with van der Waals surface area (Å²) in [7, 11) is 0. The van der Waals surface area contributed by atoms with Crippen molar-refractivity contribution in [1.29, 1.82) is 0 Å². The van der Waals surface area contributed by atoms with Gasteiger partial charge in [0.05, 0.1) is 6.04 Å². The summed E-state index contributed by atoms with van der Waals surface area (Å²) in [5.74, 6) is 1.98. The molecule has 1 N–H and O–H groups in total. The highest BCUT2D eigenvalue weighted by Gasteiger charge is 2.20. The molecule has 1 aliphatic rings. The molecule has 0 fully saturated rings. The van der Waals surface area contributed by atoms with Crippen molar-refractivity contribution in [1.82, 2.24) is 5.32 Å². The summed E-state index contributed by atoms with van der Waals surface area (Å²) >= 11 is 0. The van der Waals surface area contributed by atoms with Crippen LogP contribution >= 0.6 is 0 Å². The summed E-state index contributed by atoms with van der Waals surface area (Å²) in [5.41, 5.74) is 0.954. The molecule has 5 heteroatoms. The van der Waals surface area contributed by atoms with Crippen molar-refractivity contribution in [3.8, 4) is 17.2 Å². The third-order valence-electron chi connectivity index (χ3n) is 4.85. The highest BCUT2D eigenvalue weighted by molar-refractivity contribution is 5.89. The minimum Gasteiger partial charge on any atom is -0.486 e. The normalized spacial score (nSPS) is 14.9. The molecule has 144 valence electrons. The summed E-state index contributed by atoms with van der Waals surface area (Å²) in [4.78, 5) is 12.7. The fraction of sp³-hybridized carbons (Fsp3) is 0.261. The van der Waals surface area contributed by atoms with Crippen LogP contribution in [0.1, 0.15) is 25.5 Å². The predicted octanol–water partition coefficient (Wildman–Crippen LogP) is 4.26. The second kappa shape index (κ2) is 7.80. The largest absolute Gasteiger partial charge is 0.486 e. The van der Waals surface area contributed by atoms with E-state index >= 15 is 0 Å². The van der Waals surface area contributed by atoms with E-state index in [2.05, 4.69) is 5.32 Å². The molecule has 4 rings (SSSR count). The molecule has 0 bridgehead atoms. The van der Waals surface area contributed by atoms with Crippen molar-refractivity contribution in [2.24, 2.45) is 0 Å². The molecule has 0 aromatic heterocycles. The summed E-state index contributed by atoms with van der Waals surface area (Å²) in [6, 6.07) is 19.4. The standard InChI is InChI=1S/C23H23NO4/c1-15(18-10-11-21-22(14-18)27-13-12-26-21)24-23(25)16(2)28-20-9-5-7-17-6-3-4-8-19(17)20/h3-11,14-16H,12-13H2,1-2H3,(H,24,25). The molecule has 1 amide bonds. The first kappa shape index (κ1) is 18.2. The lowest BCUT2D eigenvalue weighted by atomic mass is 10.1. The van der Waals surface area contributed by atoms with Gasteiger partial charge in [-0.2, -0.15) is 0 Å². The Hall–Kier alpha value is -3.21. The Kier molecular flexibility index (Phi) is 5.06. The quantitative estimate of drug-likeness (QED) is 0.722. The summed E-state index contributed by atoms with van der Waals surface area (Å²) in [6.45, 7) is 4.79. The number of rotatable bonds is 5. The van der Waals surface area contributed by atoms with E-state index < -0.39 is 6.10 Å². The highest BCUT2D eigenvalue weighted by Crippen LogP contribution is 2.32. The number of fused-ring (bicyclic) bond motifs is 2. The molecule has 0 aliphatic carbocycles. The molecule has 3 aromatic carbocycles. The Balaban J connectivity index is 1.44. The van der Waals surface area contributed by atoms with Crippen molar-refractivity contribution < 1.29 is 19.0 Å². The van der Waals surface area contributed by atoms with E-state index in [1.54, 1.807) is 6.92 Å². The number of carbonyl (C=O) groups is 1. The first-order valence-electron chi connectivity index (χ1n) is 9.46. The van der Waals surface area contributed by atoms with Crippen molar-refractivity contribution in [2.45, 2.75) is 26.0 Å². The number of benzene rings is 3. The van der Waals surface area contributed by atoms with Crippen LogP contribution in [0.25, 0.3) is 10.8 Å². The monoisotopic (exact) mass is 377 g/mol. The van der Waals surface area contributed by atoms with Crippen molar-refractivity contribution in [2.75, 3.05) is 13.2 Å². The van der Waals surface area contributed by atoms with E-state index in [1.165, 1.54) is 0 Å². The molecule has 2 atom stereocenters. The summed E-state index contributed by atoms with van der Waals surface area (Å²) in [6.07, 6.45) is -0.620.